The highest BCUT2D eigenvalue weighted by Crippen LogP contribution is 2.23. The van der Waals surface area contributed by atoms with E-state index in [-0.39, 0.29) is 17.9 Å². The third-order valence-electron chi connectivity index (χ3n) is 3.06. The number of likely N-dealkylation sites (N-methyl/N-ethyl adjacent to an activating group) is 1. The Hall–Kier alpha value is -1.08. The van der Waals surface area contributed by atoms with Crippen molar-refractivity contribution in [2.24, 2.45) is 11.8 Å². The van der Waals surface area contributed by atoms with E-state index < -0.39 is 0 Å². The number of nitrogens with zero attached hydrogens (tertiary/aromatic N) is 3. The predicted molar refractivity (Wildman–Crippen MR) is 62.6 cm³/mol. The molecule has 0 aromatic rings. The standard InChI is InChI=1S/C12H21N3O/c1-9(2)11(8-14(3)4)15-7-10(6-13)5-12(15)16/h9-11H,5,7-8H2,1-4H3. The monoisotopic (exact) mass is 223 g/mol. The minimum atomic E-state index is -0.115. The molecule has 0 radical (unpaired) electrons. The van der Waals surface area contributed by atoms with Crippen molar-refractivity contribution >= 4 is 5.91 Å². The molecule has 1 fully saturated rings. The molecule has 2 atom stereocenters. The van der Waals surface area contributed by atoms with E-state index in [4.69, 9.17) is 5.26 Å². The summed E-state index contributed by atoms with van der Waals surface area (Å²) >= 11 is 0. The number of nitriles is 1. The first-order valence-corrected chi connectivity index (χ1v) is 5.79. The van der Waals surface area contributed by atoms with Crippen LogP contribution in [0.3, 0.4) is 0 Å². The van der Waals surface area contributed by atoms with Crippen LogP contribution in [0, 0.1) is 23.2 Å². The summed E-state index contributed by atoms with van der Waals surface area (Å²) in [5, 5.41) is 8.86. The molecule has 1 amide bonds. The summed E-state index contributed by atoms with van der Waals surface area (Å²) in [6.07, 6.45) is 0.396. The lowest BCUT2D eigenvalue weighted by atomic mass is 10.0. The summed E-state index contributed by atoms with van der Waals surface area (Å²) in [4.78, 5) is 15.8. The molecule has 4 nitrogen and oxygen atoms in total. The average molecular weight is 223 g/mol. The molecule has 16 heavy (non-hydrogen) atoms. The van der Waals surface area contributed by atoms with Gasteiger partial charge in [-0.05, 0) is 20.0 Å². The summed E-state index contributed by atoms with van der Waals surface area (Å²) in [6, 6.07) is 2.42. The molecule has 0 saturated carbocycles. The summed E-state index contributed by atoms with van der Waals surface area (Å²) in [5.74, 6) is 0.437. The number of hydrogen-bond acceptors (Lipinski definition) is 3. The van der Waals surface area contributed by atoms with Crippen molar-refractivity contribution < 1.29 is 4.79 Å². The molecule has 0 aromatic heterocycles. The molecule has 0 N–H and O–H groups in total. The van der Waals surface area contributed by atoms with Gasteiger partial charge in [-0.25, -0.2) is 0 Å². The molecule has 1 aliphatic heterocycles. The van der Waals surface area contributed by atoms with E-state index in [1.807, 2.05) is 19.0 Å². The van der Waals surface area contributed by atoms with Gasteiger partial charge in [-0.15, -0.1) is 0 Å². The molecule has 90 valence electrons. The van der Waals surface area contributed by atoms with Crippen LogP contribution in [-0.2, 0) is 4.79 Å². The quantitative estimate of drug-likeness (QED) is 0.712. The topological polar surface area (TPSA) is 47.3 Å². The summed E-state index contributed by atoms with van der Waals surface area (Å²) in [7, 11) is 4.02. The molecule has 1 saturated heterocycles. The Morgan fingerprint density at radius 2 is 2.19 bits per heavy atom. The second-order valence-corrected chi connectivity index (χ2v) is 5.15. The van der Waals surface area contributed by atoms with Crippen LogP contribution in [0.25, 0.3) is 0 Å². The van der Waals surface area contributed by atoms with Gasteiger partial charge in [0.1, 0.15) is 0 Å². The lowest BCUT2D eigenvalue weighted by Gasteiger charge is -2.33. The number of amides is 1. The Bertz CT molecular complexity index is 293. The van der Waals surface area contributed by atoms with Crippen LogP contribution in [0.2, 0.25) is 0 Å². The Morgan fingerprint density at radius 3 is 2.56 bits per heavy atom. The maximum atomic E-state index is 11.8. The predicted octanol–water partition coefficient (Wildman–Crippen LogP) is 0.945. The van der Waals surface area contributed by atoms with E-state index in [0.29, 0.717) is 18.9 Å². The summed E-state index contributed by atoms with van der Waals surface area (Å²) < 4.78 is 0. The molecule has 4 heteroatoms. The zero-order valence-corrected chi connectivity index (χ0v) is 10.6. The number of hydrogen-bond donors (Lipinski definition) is 0. The maximum Gasteiger partial charge on any atom is 0.224 e. The fraction of sp³-hybridized carbons (Fsp3) is 0.833. The van der Waals surface area contributed by atoms with Gasteiger partial charge in [0.2, 0.25) is 5.91 Å². The van der Waals surface area contributed by atoms with E-state index in [1.165, 1.54) is 0 Å². The Morgan fingerprint density at radius 1 is 1.56 bits per heavy atom. The first-order chi connectivity index (χ1) is 7.45. The number of carbonyl (C=O) groups is 1. The highest BCUT2D eigenvalue weighted by Gasteiger charge is 2.35. The maximum absolute atomic E-state index is 11.8. The fourth-order valence-electron chi connectivity index (χ4n) is 2.18. The van der Waals surface area contributed by atoms with Crippen LogP contribution in [-0.4, -0.2) is 48.9 Å². The van der Waals surface area contributed by atoms with Crippen molar-refractivity contribution in [2.75, 3.05) is 27.2 Å². The highest BCUT2D eigenvalue weighted by molar-refractivity contribution is 5.79. The third-order valence-corrected chi connectivity index (χ3v) is 3.06. The first kappa shape index (κ1) is 13.0. The van der Waals surface area contributed by atoms with Crippen molar-refractivity contribution in [1.82, 2.24) is 9.80 Å². The minimum absolute atomic E-state index is 0.115. The average Bonchev–Trinajstić information content (AvgIpc) is 2.55. The van der Waals surface area contributed by atoms with Crippen LogP contribution >= 0.6 is 0 Å². The summed E-state index contributed by atoms with van der Waals surface area (Å²) in [5.41, 5.74) is 0. The highest BCUT2D eigenvalue weighted by atomic mass is 16.2. The number of carbonyl (C=O) groups excluding carboxylic acids is 1. The Labute approximate surface area is 97.8 Å². The van der Waals surface area contributed by atoms with Gasteiger partial charge in [-0.3, -0.25) is 4.79 Å². The third kappa shape index (κ3) is 2.96. The first-order valence-electron chi connectivity index (χ1n) is 5.79. The number of likely N-dealkylation sites (tertiary alicyclic amines) is 1. The zero-order valence-electron chi connectivity index (χ0n) is 10.6. The van der Waals surface area contributed by atoms with Crippen LogP contribution in [0.5, 0.6) is 0 Å². The molecule has 1 heterocycles. The normalized spacial score (nSPS) is 22.9. The van der Waals surface area contributed by atoms with Crippen LogP contribution < -0.4 is 0 Å². The largest absolute Gasteiger partial charge is 0.337 e. The molecule has 0 aliphatic carbocycles. The number of rotatable bonds is 4. The van der Waals surface area contributed by atoms with Gasteiger partial charge in [0, 0.05) is 25.6 Å². The van der Waals surface area contributed by atoms with Gasteiger partial charge in [0.05, 0.1) is 12.0 Å². The fourth-order valence-corrected chi connectivity index (χ4v) is 2.18. The molecule has 1 aliphatic rings. The summed E-state index contributed by atoms with van der Waals surface area (Å²) in [6.45, 7) is 5.72. The molecule has 0 spiro atoms. The van der Waals surface area contributed by atoms with Crippen LogP contribution in [0.15, 0.2) is 0 Å². The van der Waals surface area contributed by atoms with Gasteiger partial charge in [0.15, 0.2) is 0 Å². The van der Waals surface area contributed by atoms with Crippen molar-refractivity contribution in [1.29, 1.82) is 5.26 Å². The van der Waals surface area contributed by atoms with Crippen molar-refractivity contribution in [3.05, 3.63) is 0 Å². The van der Waals surface area contributed by atoms with Gasteiger partial charge in [-0.1, -0.05) is 13.8 Å². The Kier molecular flexibility index (Phi) is 4.31. The van der Waals surface area contributed by atoms with Crippen LogP contribution in [0.4, 0.5) is 0 Å². The van der Waals surface area contributed by atoms with Crippen LogP contribution in [0.1, 0.15) is 20.3 Å². The molecule has 2 unspecified atom stereocenters. The van der Waals surface area contributed by atoms with Crippen molar-refractivity contribution in [3.8, 4) is 6.07 Å². The smallest absolute Gasteiger partial charge is 0.224 e. The molecular weight excluding hydrogens is 202 g/mol. The Balaban J connectivity index is 2.72. The second kappa shape index (κ2) is 5.31. The van der Waals surface area contributed by atoms with Crippen molar-refractivity contribution in [2.45, 2.75) is 26.3 Å². The van der Waals surface area contributed by atoms with E-state index in [9.17, 15) is 4.79 Å². The van der Waals surface area contributed by atoms with E-state index in [2.05, 4.69) is 24.8 Å². The van der Waals surface area contributed by atoms with Crippen molar-refractivity contribution in [3.63, 3.8) is 0 Å². The van der Waals surface area contributed by atoms with E-state index in [1.54, 1.807) is 0 Å². The lowest BCUT2D eigenvalue weighted by molar-refractivity contribution is -0.130. The van der Waals surface area contributed by atoms with Gasteiger partial charge >= 0.3 is 0 Å². The van der Waals surface area contributed by atoms with Gasteiger partial charge in [0.25, 0.3) is 0 Å². The minimum Gasteiger partial charge on any atom is -0.337 e. The molecule has 0 bridgehead atoms. The molecule has 0 aromatic carbocycles. The van der Waals surface area contributed by atoms with E-state index in [0.717, 1.165) is 6.54 Å². The molecular formula is C12H21N3O. The SMILES string of the molecule is CC(C)C(CN(C)C)N1CC(C#N)CC1=O. The zero-order chi connectivity index (χ0) is 12.3. The van der Waals surface area contributed by atoms with Gasteiger partial charge in [-0.2, -0.15) is 5.26 Å². The van der Waals surface area contributed by atoms with Gasteiger partial charge < -0.3 is 9.80 Å². The lowest BCUT2D eigenvalue weighted by Crippen LogP contribution is -2.46. The van der Waals surface area contributed by atoms with E-state index >= 15 is 0 Å². The molecule has 1 rings (SSSR count). The second-order valence-electron chi connectivity index (χ2n) is 5.15.